The van der Waals surface area contributed by atoms with Crippen molar-refractivity contribution in [3.63, 3.8) is 0 Å². The zero-order chi connectivity index (χ0) is 23.8. The summed E-state index contributed by atoms with van der Waals surface area (Å²) >= 11 is 0. The summed E-state index contributed by atoms with van der Waals surface area (Å²) in [6.45, 7) is 10.0. The van der Waals surface area contributed by atoms with Gasteiger partial charge in [0.2, 0.25) is 10.0 Å². The van der Waals surface area contributed by atoms with Crippen LogP contribution in [-0.2, 0) is 16.6 Å². The van der Waals surface area contributed by atoms with Crippen LogP contribution in [0.5, 0.6) is 0 Å². The van der Waals surface area contributed by atoms with Gasteiger partial charge >= 0.3 is 0 Å². The molecule has 0 aliphatic carbocycles. The summed E-state index contributed by atoms with van der Waals surface area (Å²) in [6.07, 6.45) is 1.04. The number of nitrogens with zero attached hydrogens (tertiary/aromatic N) is 2. The Labute approximate surface area is 196 Å². The van der Waals surface area contributed by atoms with Crippen LogP contribution in [0, 0.1) is 18.8 Å². The fourth-order valence-electron chi connectivity index (χ4n) is 4.79. The molecule has 0 saturated carbocycles. The average molecular weight is 469 g/mol. The summed E-state index contributed by atoms with van der Waals surface area (Å²) in [4.78, 5) is 15.3. The van der Waals surface area contributed by atoms with Crippen molar-refractivity contribution in [2.24, 2.45) is 11.8 Å². The minimum atomic E-state index is -3.61. The van der Waals surface area contributed by atoms with Crippen LogP contribution in [0.1, 0.15) is 48.9 Å². The fourth-order valence-corrected chi connectivity index (χ4v) is 6.50. The first-order valence-electron chi connectivity index (χ1n) is 11.6. The van der Waals surface area contributed by atoms with Gasteiger partial charge in [0.25, 0.3) is 5.91 Å². The fraction of sp³-hybridized carbons (Fsp3) is 0.423. The number of benzene rings is 2. The van der Waals surface area contributed by atoms with Crippen molar-refractivity contribution in [1.82, 2.24) is 9.21 Å². The third-order valence-electron chi connectivity index (χ3n) is 6.46. The molecule has 0 unspecified atom stereocenters. The van der Waals surface area contributed by atoms with Gasteiger partial charge in [0.05, 0.1) is 4.90 Å². The number of furan rings is 1. The van der Waals surface area contributed by atoms with E-state index in [0.717, 1.165) is 12.0 Å². The normalized spacial score (nSPS) is 19.6. The van der Waals surface area contributed by atoms with E-state index in [1.807, 2.05) is 44.2 Å². The number of amides is 1. The Balaban J connectivity index is 1.65. The van der Waals surface area contributed by atoms with Crippen LogP contribution in [-0.4, -0.2) is 43.2 Å². The van der Waals surface area contributed by atoms with Crippen molar-refractivity contribution >= 4 is 26.9 Å². The third-order valence-corrected chi connectivity index (χ3v) is 8.29. The van der Waals surface area contributed by atoms with E-state index in [9.17, 15) is 13.2 Å². The minimum Gasteiger partial charge on any atom is -0.451 e. The summed E-state index contributed by atoms with van der Waals surface area (Å²) in [6, 6.07) is 14.7. The molecule has 3 aromatic rings. The Bertz CT molecular complexity index is 1240. The Kier molecular flexibility index (Phi) is 6.64. The van der Waals surface area contributed by atoms with Crippen LogP contribution in [0.4, 0.5) is 0 Å². The first kappa shape index (κ1) is 23.5. The standard InChI is InChI=1S/C26H32N2O4S/c1-5-27(17-21-9-7-6-8-10-21)26(29)25-20(4)23-14-22(11-12-24(23)32-25)33(30,31)28-15-18(2)13-19(3)16-28/h6-12,14,18-19H,5,13,15-17H2,1-4H3/t18-,19+. The molecule has 0 bridgehead atoms. The van der Waals surface area contributed by atoms with Crippen molar-refractivity contribution in [1.29, 1.82) is 0 Å². The van der Waals surface area contributed by atoms with Gasteiger partial charge < -0.3 is 9.32 Å². The second-order valence-electron chi connectivity index (χ2n) is 9.29. The molecule has 2 atom stereocenters. The molecular weight excluding hydrogens is 436 g/mol. The molecule has 1 saturated heterocycles. The van der Waals surface area contributed by atoms with E-state index in [2.05, 4.69) is 13.8 Å². The predicted octanol–water partition coefficient (Wildman–Crippen LogP) is 5.07. The lowest BCUT2D eigenvalue weighted by molar-refractivity contribution is 0.0722. The van der Waals surface area contributed by atoms with Crippen molar-refractivity contribution in [3.05, 3.63) is 65.4 Å². The van der Waals surface area contributed by atoms with Gasteiger partial charge in [-0.1, -0.05) is 44.2 Å². The molecule has 2 heterocycles. The molecule has 6 nitrogen and oxygen atoms in total. The van der Waals surface area contributed by atoms with E-state index < -0.39 is 10.0 Å². The number of carbonyl (C=O) groups is 1. The first-order valence-corrected chi connectivity index (χ1v) is 13.0. The average Bonchev–Trinajstić information content (AvgIpc) is 3.13. The topological polar surface area (TPSA) is 70.8 Å². The number of hydrogen-bond donors (Lipinski definition) is 0. The quantitative estimate of drug-likeness (QED) is 0.506. The Hall–Kier alpha value is -2.64. The largest absolute Gasteiger partial charge is 0.451 e. The summed E-state index contributed by atoms with van der Waals surface area (Å²) in [5, 5.41) is 0.660. The molecule has 0 spiro atoms. The van der Waals surface area contributed by atoms with Crippen LogP contribution in [0.25, 0.3) is 11.0 Å². The minimum absolute atomic E-state index is 0.196. The molecule has 1 aliphatic rings. The monoisotopic (exact) mass is 468 g/mol. The van der Waals surface area contributed by atoms with Crippen LogP contribution in [0.15, 0.2) is 57.8 Å². The molecule has 1 amide bonds. The molecule has 4 rings (SSSR count). The number of piperidine rings is 1. The maximum absolute atomic E-state index is 13.4. The van der Waals surface area contributed by atoms with E-state index in [1.54, 1.807) is 27.4 Å². The molecule has 1 aliphatic heterocycles. The first-order chi connectivity index (χ1) is 15.7. The maximum Gasteiger partial charge on any atom is 0.290 e. The van der Waals surface area contributed by atoms with Gasteiger partial charge in [-0.05, 0) is 55.9 Å². The van der Waals surface area contributed by atoms with Crippen molar-refractivity contribution in [2.45, 2.75) is 45.6 Å². The van der Waals surface area contributed by atoms with Gasteiger partial charge in [0, 0.05) is 37.1 Å². The third kappa shape index (κ3) is 4.70. The number of carbonyl (C=O) groups excluding carboxylic acids is 1. The van der Waals surface area contributed by atoms with Crippen molar-refractivity contribution in [3.8, 4) is 0 Å². The lowest BCUT2D eigenvalue weighted by Crippen LogP contribution is -2.42. The van der Waals surface area contributed by atoms with Gasteiger partial charge in [-0.25, -0.2) is 8.42 Å². The van der Waals surface area contributed by atoms with Crippen LogP contribution in [0.3, 0.4) is 0 Å². The highest BCUT2D eigenvalue weighted by molar-refractivity contribution is 7.89. The molecular formula is C26H32N2O4S. The van der Waals surface area contributed by atoms with Gasteiger partial charge in [-0.2, -0.15) is 4.31 Å². The molecule has 33 heavy (non-hydrogen) atoms. The summed E-state index contributed by atoms with van der Waals surface area (Å²) in [5.41, 5.74) is 2.23. The SMILES string of the molecule is CCN(Cc1ccccc1)C(=O)c1oc2ccc(S(=O)(=O)N3C[C@H](C)C[C@H](C)C3)cc2c1C. The Morgan fingerprint density at radius 1 is 1.09 bits per heavy atom. The number of rotatable bonds is 6. The van der Waals surface area contributed by atoms with Gasteiger partial charge in [0.15, 0.2) is 5.76 Å². The van der Waals surface area contributed by atoms with Gasteiger partial charge in [0.1, 0.15) is 5.58 Å². The molecule has 0 radical (unpaired) electrons. The Morgan fingerprint density at radius 3 is 2.39 bits per heavy atom. The molecule has 1 fully saturated rings. The van der Waals surface area contributed by atoms with Crippen LogP contribution >= 0.6 is 0 Å². The molecule has 176 valence electrons. The van der Waals surface area contributed by atoms with E-state index in [0.29, 0.717) is 54.5 Å². The maximum atomic E-state index is 13.4. The number of sulfonamides is 1. The summed E-state index contributed by atoms with van der Waals surface area (Å²) in [5.74, 6) is 0.726. The van der Waals surface area contributed by atoms with Gasteiger partial charge in [-0.15, -0.1) is 0 Å². The van der Waals surface area contributed by atoms with Crippen molar-refractivity contribution < 1.29 is 17.6 Å². The van der Waals surface area contributed by atoms with Crippen molar-refractivity contribution in [2.75, 3.05) is 19.6 Å². The van der Waals surface area contributed by atoms with E-state index in [1.165, 1.54) is 0 Å². The second-order valence-corrected chi connectivity index (χ2v) is 11.2. The highest BCUT2D eigenvalue weighted by atomic mass is 32.2. The lowest BCUT2D eigenvalue weighted by atomic mass is 9.94. The van der Waals surface area contributed by atoms with E-state index >= 15 is 0 Å². The van der Waals surface area contributed by atoms with Crippen LogP contribution < -0.4 is 0 Å². The smallest absolute Gasteiger partial charge is 0.290 e. The number of fused-ring (bicyclic) bond motifs is 1. The van der Waals surface area contributed by atoms with Gasteiger partial charge in [-0.3, -0.25) is 4.79 Å². The molecule has 7 heteroatoms. The number of aryl methyl sites for hydroxylation is 1. The van der Waals surface area contributed by atoms with Crippen LogP contribution in [0.2, 0.25) is 0 Å². The van der Waals surface area contributed by atoms with E-state index in [-0.39, 0.29) is 16.6 Å². The molecule has 0 N–H and O–H groups in total. The van der Waals surface area contributed by atoms with E-state index in [4.69, 9.17) is 4.42 Å². The highest BCUT2D eigenvalue weighted by Gasteiger charge is 2.32. The molecule has 1 aromatic heterocycles. The highest BCUT2D eigenvalue weighted by Crippen LogP contribution is 2.32. The summed E-state index contributed by atoms with van der Waals surface area (Å²) < 4.78 is 34.2. The second kappa shape index (κ2) is 9.31. The summed E-state index contributed by atoms with van der Waals surface area (Å²) in [7, 11) is -3.61. The number of hydrogen-bond acceptors (Lipinski definition) is 4. The predicted molar refractivity (Wildman–Crippen MR) is 130 cm³/mol. The Morgan fingerprint density at radius 2 is 1.76 bits per heavy atom. The molecule has 2 aromatic carbocycles. The lowest BCUT2D eigenvalue weighted by Gasteiger charge is -2.34. The zero-order valence-electron chi connectivity index (χ0n) is 19.7. The zero-order valence-corrected chi connectivity index (χ0v) is 20.6.